The quantitative estimate of drug-likeness (QED) is 0.859. The van der Waals surface area contributed by atoms with Crippen LogP contribution in [-0.2, 0) is 4.79 Å². The zero-order valence-electron chi connectivity index (χ0n) is 15.0. The molecule has 0 saturated heterocycles. The lowest BCUT2D eigenvalue weighted by Crippen LogP contribution is -2.22. The minimum atomic E-state index is -0.275. The molecule has 1 heterocycles. The van der Waals surface area contributed by atoms with Gasteiger partial charge in [-0.15, -0.1) is 0 Å². The molecule has 3 rings (SSSR count). The van der Waals surface area contributed by atoms with Crippen molar-refractivity contribution in [2.45, 2.75) is 33.6 Å². The van der Waals surface area contributed by atoms with E-state index < -0.39 is 0 Å². The summed E-state index contributed by atoms with van der Waals surface area (Å²) in [5.74, 6) is -0.473. The van der Waals surface area contributed by atoms with Crippen molar-refractivity contribution in [1.82, 2.24) is 0 Å². The number of amides is 1. The molecule has 2 N–H and O–H groups in total. The van der Waals surface area contributed by atoms with E-state index in [1.54, 1.807) is 0 Å². The minimum Gasteiger partial charge on any atom is -0.369 e. The molecule has 0 radical (unpaired) electrons. The van der Waals surface area contributed by atoms with Crippen molar-refractivity contribution in [2.75, 3.05) is 0 Å². The van der Waals surface area contributed by atoms with Crippen LogP contribution in [0.3, 0.4) is 0 Å². The van der Waals surface area contributed by atoms with E-state index in [4.69, 9.17) is 10.7 Å². The summed E-state index contributed by atoms with van der Waals surface area (Å²) in [4.78, 5) is 16.3. The van der Waals surface area contributed by atoms with Crippen molar-refractivity contribution in [2.24, 2.45) is 16.6 Å². The standard InChI is InChI=1S/C22H24N2O/c1-14-4-8-17(9-5-14)20-13-19(12-16(3)22(23)25)24-21(20)18-10-6-15(2)7-11-18/h4-11,16H,12-13H2,1-3H3,(H2,23,25). The third kappa shape index (κ3) is 3.87. The Morgan fingerprint density at radius 1 is 1.00 bits per heavy atom. The van der Waals surface area contributed by atoms with Crippen LogP contribution in [0.2, 0.25) is 0 Å². The molecule has 1 amide bonds. The highest BCUT2D eigenvalue weighted by molar-refractivity contribution is 6.10. The molecule has 3 heteroatoms. The van der Waals surface area contributed by atoms with E-state index in [1.807, 2.05) is 6.92 Å². The Morgan fingerprint density at radius 3 is 2.04 bits per heavy atom. The molecule has 0 bridgehead atoms. The number of nitrogens with zero attached hydrogens (tertiary/aromatic N) is 1. The van der Waals surface area contributed by atoms with E-state index in [0.29, 0.717) is 6.42 Å². The van der Waals surface area contributed by atoms with Crippen LogP contribution in [0, 0.1) is 19.8 Å². The van der Waals surface area contributed by atoms with Gasteiger partial charge in [0.2, 0.25) is 5.91 Å². The molecule has 128 valence electrons. The van der Waals surface area contributed by atoms with Gasteiger partial charge in [-0.05, 0) is 31.4 Å². The van der Waals surface area contributed by atoms with E-state index in [2.05, 4.69) is 62.4 Å². The first-order valence-electron chi connectivity index (χ1n) is 8.67. The first-order chi connectivity index (χ1) is 11.9. The molecule has 1 atom stereocenters. The molecule has 0 fully saturated rings. The highest BCUT2D eigenvalue weighted by Gasteiger charge is 2.23. The molecule has 3 nitrogen and oxygen atoms in total. The Kier molecular flexibility index (Phi) is 4.84. The lowest BCUT2D eigenvalue weighted by atomic mass is 9.94. The smallest absolute Gasteiger partial charge is 0.220 e. The van der Waals surface area contributed by atoms with Gasteiger partial charge in [-0.2, -0.15) is 0 Å². The Bertz CT molecular complexity index is 843. The first-order valence-corrected chi connectivity index (χ1v) is 8.67. The number of primary amides is 1. The van der Waals surface area contributed by atoms with E-state index >= 15 is 0 Å². The molecule has 0 saturated carbocycles. The molecular weight excluding hydrogens is 308 g/mol. The molecular formula is C22H24N2O. The third-order valence-electron chi connectivity index (χ3n) is 4.69. The number of hydrogen-bond acceptors (Lipinski definition) is 2. The molecule has 2 aromatic rings. The number of nitrogens with two attached hydrogens (primary N) is 1. The fourth-order valence-corrected chi connectivity index (χ4v) is 3.07. The lowest BCUT2D eigenvalue weighted by molar-refractivity contribution is -0.121. The van der Waals surface area contributed by atoms with E-state index in [1.165, 1.54) is 22.3 Å². The zero-order chi connectivity index (χ0) is 18.0. The molecule has 0 aliphatic carbocycles. The summed E-state index contributed by atoms with van der Waals surface area (Å²) in [6.07, 6.45) is 1.38. The summed E-state index contributed by atoms with van der Waals surface area (Å²) < 4.78 is 0. The Hall–Kier alpha value is -2.68. The van der Waals surface area contributed by atoms with Crippen molar-refractivity contribution < 1.29 is 4.79 Å². The number of carbonyl (C=O) groups excluding carboxylic acids is 1. The van der Waals surface area contributed by atoms with Gasteiger partial charge >= 0.3 is 0 Å². The molecule has 1 aliphatic rings. The number of aliphatic imine (C=N–C) groups is 1. The van der Waals surface area contributed by atoms with E-state index in [0.717, 1.165) is 23.4 Å². The predicted octanol–water partition coefficient (Wildman–Crippen LogP) is 4.53. The van der Waals surface area contributed by atoms with Crippen LogP contribution in [0.1, 0.15) is 42.0 Å². The highest BCUT2D eigenvalue weighted by Crippen LogP contribution is 2.37. The van der Waals surface area contributed by atoms with Crippen LogP contribution in [-0.4, -0.2) is 11.6 Å². The molecule has 1 unspecified atom stereocenters. The number of allylic oxidation sites excluding steroid dienone is 1. The van der Waals surface area contributed by atoms with Crippen LogP contribution >= 0.6 is 0 Å². The van der Waals surface area contributed by atoms with Crippen LogP contribution in [0.5, 0.6) is 0 Å². The topological polar surface area (TPSA) is 55.4 Å². The summed E-state index contributed by atoms with van der Waals surface area (Å²) >= 11 is 0. The van der Waals surface area contributed by atoms with Crippen LogP contribution in [0.15, 0.2) is 53.5 Å². The van der Waals surface area contributed by atoms with Gasteiger partial charge in [0, 0.05) is 23.6 Å². The second kappa shape index (κ2) is 7.06. The van der Waals surface area contributed by atoms with Crippen molar-refractivity contribution in [3.8, 4) is 0 Å². The second-order valence-corrected chi connectivity index (χ2v) is 6.92. The Balaban J connectivity index is 1.99. The summed E-state index contributed by atoms with van der Waals surface area (Å²) in [5, 5.41) is 0. The first kappa shape index (κ1) is 17.2. The second-order valence-electron chi connectivity index (χ2n) is 6.92. The normalized spacial score (nSPS) is 15.2. The average Bonchev–Trinajstić information content (AvgIpc) is 3.00. The van der Waals surface area contributed by atoms with Crippen LogP contribution in [0.25, 0.3) is 11.3 Å². The van der Waals surface area contributed by atoms with Crippen molar-refractivity contribution in [1.29, 1.82) is 0 Å². The largest absolute Gasteiger partial charge is 0.369 e. The molecule has 0 spiro atoms. The number of carbonyl (C=O) groups is 1. The van der Waals surface area contributed by atoms with E-state index in [-0.39, 0.29) is 11.8 Å². The Labute approximate surface area is 149 Å². The van der Waals surface area contributed by atoms with E-state index in [9.17, 15) is 4.79 Å². The maximum atomic E-state index is 11.4. The van der Waals surface area contributed by atoms with Gasteiger partial charge in [0.1, 0.15) is 0 Å². The number of hydrogen-bond donors (Lipinski definition) is 1. The van der Waals surface area contributed by atoms with Gasteiger partial charge in [-0.1, -0.05) is 66.6 Å². The molecule has 2 aromatic carbocycles. The number of aryl methyl sites for hydroxylation is 2. The maximum absolute atomic E-state index is 11.4. The summed E-state index contributed by atoms with van der Waals surface area (Å²) in [5.41, 5.74) is 13.5. The predicted molar refractivity (Wildman–Crippen MR) is 104 cm³/mol. The van der Waals surface area contributed by atoms with Gasteiger partial charge in [-0.3, -0.25) is 9.79 Å². The average molecular weight is 332 g/mol. The molecule has 1 aliphatic heterocycles. The maximum Gasteiger partial charge on any atom is 0.220 e. The van der Waals surface area contributed by atoms with Gasteiger partial charge in [-0.25, -0.2) is 0 Å². The van der Waals surface area contributed by atoms with Gasteiger partial charge < -0.3 is 5.73 Å². The summed E-state index contributed by atoms with van der Waals surface area (Å²) in [7, 11) is 0. The van der Waals surface area contributed by atoms with Gasteiger partial charge in [0.15, 0.2) is 0 Å². The van der Waals surface area contributed by atoms with Gasteiger partial charge in [0.25, 0.3) is 0 Å². The van der Waals surface area contributed by atoms with Crippen molar-refractivity contribution in [3.05, 3.63) is 70.8 Å². The zero-order valence-corrected chi connectivity index (χ0v) is 15.0. The molecule has 0 aromatic heterocycles. The number of rotatable bonds is 5. The van der Waals surface area contributed by atoms with Gasteiger partial charge in [0.05, 0.1) is 5.70 Å². The van der Waals surface area contributed by atoms with Crippen LogP contribution in [0.4, 0.5) is 0 Å². The lowest BCUT2D eigenvalue weighted by Gasteiger charge is -2.08. The minimum absolute atomic E-state index is 0.199. The number of benzene rings is 2. The monoisotopic (exact) mass is 332 g/mol. The SMILES string of the molecule is Cc1ccc(C2=C(c3ccc(C)cc3)N=C(CC(C)C(N)=O)C2)cc1. The fourth-order valence-electron chi connectivity index (χ4n) is 3.07. The molecule has 25 heavy (non-hydrogen) atoms. The summed E-state index contributed by atoms with van der Waals surface area (Å²) in [6, 6.07) is 17.0. The third-order valence-corrected chi connectivity index (χ3v) is 4.69. The van der Waals surface area contributed by atoms with Crippen molar-refractivity contribution in [3.63, 3.8) is 0 Å². The van der Waals surface area contributed by atoms with Crippen molar-refractivity contribution >= 4 is 22.9 Å². The van der Waals surface area contributed by atoms with Crippen LogP contribution < -0.4 is 5.73 Å². The highest BCUT2D eigenvalue weighted by atomic mass is 16.1. The fraction of sp³-hybridized carbons (Fsp3) is 0.273. The summed E-state index contributed by atoms with van der Waals surface area (Å²) in [6.45, 7) is 6.03. The Morgan fingerprint density at radius 2 is 1.52 bits per heavy atom.